The van der Waals surface area contributed by atoms with Gasteiger partial charge in [0.05, 0.1) is 6.10 Å². The number of fused-ring (bicyclic) bond motifs is 1. The molecule has 1 aliphatic heterocycles. The van der Waals surface area contributed by atoms with Crippen LogP contribution in [0.25, 0.3) is 0 Å². The lowest BCUT2D eigenvalue weighted by Crippen LogP contribution is -2.19. The summed E-state index contributed by atoms with van der Waals surface area (Å²) in [6.07, 6.45) is 0.0671. The highest BCUT2D eigenvalue weighted by Gasteiger charge is 2.27. The highest BCUT2D eigenvalue weighted by atomic mass is 16.5. The van der Waals surface area contributed by atoms with Crippen molar-refractivity contribution in [2.75, 3.05) is 0 Å². The van der Waals surface area contributed by atoms with E-state index in [1.807, 2.05) is 24.3 Å². The Morgan fingerprint density at radius 2 is 1.67 bits per heavy atom. The van der Waals surface area contributed by atoms with Crippen LogP contribution in [0.15, 0.2) is 48.5 Å². The Bertz CT molecular complexity index is 623. The number of aliphatic hydroxyl groups excluding tert-OH is 1. The molecule has 2 nitrogen and oxygen atoms in total. The van der Waals surface area contributed by atoms with Gasteiger partial charge in [0.25, 0.3) is 0 Å². The van der Waals surface area contributed by atoms with Crippen LogP contribution in [-0.4, -0.2) is 5.11 Å². The van der Waals surface area contributed by atoms with Crippen LogP contribution in [-0.2, 0) is 5.41 Å². The predicted octanol–water partition coefficient (Wildman–Crippen LogP) is 4.54. The maximum absolute atomic E-state index is 10.3. The predicted molar refractivity (Wildman–Crippen MR) is 84.5 cm³/mol. The van der Waals surface area contributed by atoms with Crippen LogP contribution in [0.1, 0.15) is 56.1 Å². The molecule has 0 aromatic heterocycles. The summed E-state index contributed by atoms with van der Waals surface area (Å²) in [6.45, 7) is 6.62. The number of ether oxygens (including phenoxy) is 1. The summed E-state index contributed by atoms with van der Waals surface area (Å²) in [6, 6.07) is 16.3. The lowest BCUT2D eigenvalue weighted by atomic mass is 9.86. The average molecular weight is 282 g/mol. The number of hydrogen-bond acceptors (Lipinski definition) is 2. The van der Waals surface area contributed by atoms with E-state index in [1.165, 1.54) is 5.56 Å². The maximum Gasteiger partial charge on any atom is 0.127 e. The normalized spacial score (nSPS) is 21.5. The van der Waals surface area contributed by atoms with Gasteiger partial charge >= 0.3 is 0 Å². The second kappa shape index (κ2) is 5.19. The lowest BCUT2D eigenvalue weighted by Gasteiger charge is -2.30. The van der Waals surface area contributed by atoms with Gasteiger partial charge in [-0.3, -0.25) is 0 Å². The zero-order valence-electron chi connectivity index (χ0n) is 12.8. The van der Waals surface area contributed by atoms with Gasteiger partial charge < -0.3 is 9.84 Å². The van der Waals surface area contributed by atoms with E-state index in [4.69, 9.17) is 4.74 Å². The average Bonchev–Trinajstić information content (AvgIpc) is 2.46. The number of para-hydroxylation sites is 1. The van der Waals surface area contributed by atoms with E-state index in [2.05, 4.69) is 45.0 Å². The molecule has 0 bridgehead atoms. The van der Waals surface area contributed by atoms with Gasteiger partial charge in [-0.15, -0.1) is 0 Å². The summed E-state index contributed by atoms with van der Waals surface area (Å²) in [5.74, 6) is 0.793. The van der Waals surface area contributed by atoms with Crippen LogP contribution in [0.2, 0.25) is 0 Å². The molecule has 21 heavy (non-hydrogen) atoms. The van der Waals surface area contributed by atoms with Crippen LogP contribution in [0, 0.1) is 0 Å². The molecular weight excluding hydrogens is 260 g/mol. The summed E-state index contributed by atoms with van der Waals surface area (Å²) in [5, 5.41) is 10.3. The van der Waals surface area contributed by atoms with Gasteiger partial charge in [0.1, 0.15) is 11.9 Å². The maximum atomic E-state index is 10.3. The highest BCUT2D eigenvalue weighted by molar-refractivity contribution is 5.39. The second-order valence-electron chi connectivity index (χ2n) is 6.77. The first-order valence-electron chi connectivity index (χ1n) is 7.49. The van der Waals surface area contributed by atoms with Crippen molar-refractivity contribution in [1.29, 1.82) is 0 Å². The lowest BCUT2D eigenvalue weighted by molar-refractivity contribution is 0.0657. The first-order chi connectivity index (χ1) is 9.95. The number of benzene rings is 2. The summed E-state index contributed by atoms with van der Waals surface area (Å²) in [7, 11) is 0. The van der Waals surface area contributed by atoms with Gasteiger partial charge in [-0.05, 0) is 22.6 Å². The van der Waals surface area contributed by atoms with Crippen molar-refractivity contribution >= 4 is 0 Å². The van der Waals surface area contributed by atoms with E-state index in [9.17, 15) is 5.11 Å². The molecule has 2 atom stereocenters. The zero-order valence-corrected chi connectivity index (χ0v) is 12.8. The van der Waals surface area contributed by atoms with E-state index < -0.39 is 6.10 Å². The van der Waals surface area contributed by atoms with Crippen LogP contribution < -0.4 is 4.74 Å². The van der Waals surface area contributed by atoms with Crippen LogP contribution >= 0.6 is 0 Å². The Morgan fingerprint density at radius 3 is 2.33 bits per heavy atom. The molecule has 1 aliphatic rings. The number of aliphatic hydroxyl groups is 1. The van der Waals surface area contributed by atoms with E-state index in [1.54, 1.807) is 0 Å². The molecule has 3 rings (SSSR count). The molecule has 2 aromatic carbocycles. The van der Waals surface area contributed by atoms with Gasteiger partial charge in [-0.25, -0.2) is 0 Å². The molecule has 0 saturated heterocycles. The SMILES string of the molecule is CC(C)(C)c1ccc(C2C[C@H](O)c3ccccc3O2)cc1. The van der Waals surface area contributed by atoms with Crippen LogP contribution in [0.3, 0.4) is 0 Å². The van der Waals surface area contributed by atoms with Gasteiger partial charge in [0, 0.05) is 12.0 Å². The fourth-order valence-electron chi connectivity index (χ4n) is 2.80. The smallest absolute Gasteiger partial charge is 0.127 e. The third-order valence-electron chi connectivity index (χ3n) is 4.13. The molecular formula is C19H22O2. The minimum atomic E-state index is -0.456. The largest absolute Gasteiger partial charge is 0.485 e. The van der Waals surface area contributed by atoms with Gasteiger partial charge in [0.15, 0.2) is 0 Å². The highest BCUT2D eigenvalue weighted by Crippen LogP contribution is 2.40. The number of rotatable bonds is 1. The third kappa shape index (κ3) is 2.81. The molecule has 0 spiro atoms. The molecule has 0 aliphatic carbocycles. The summed E-state index contributed by atoms with van der Waals surface area (Å²) >= 11 is 0. The van der Waals surface area contributed by atoms with Crippen molar-refractivity contribution < 1.29 is 9.84 Å². The summed E-state index contributed by atoms with van der Waals surface area (Å²) in [4.78, 5) is 0. The first kappa shape index (κ1) is 14.2. The molecule has 1 N–H and O–H groups in total. The Kier molecular flexibility index (Phi) is 3.50. The van der Waals surface area contributed by atoms with Crippen LogP contribution in [0.4, 0.5) is 0 Å². The quantitative estimate of drug-likeness (QED) is 0.832. The van der Waals surface area contributed by atoms with Crippen molar-refractivity contribution in [2.45, 2.75) is 44.8 Å². The van der Waals surface area contributed by atoms with Gasteiger partial charge in [-0.2, -0.15) is 0 Å². The minimum absolute atomic E-state index is 0.0797. The van der Waals surface area contributed by atoms with Crippen molar-refractivity contribution in [1.82, 2.24) is 0 Å². The van der Waals surface area contributed by atoms with Gasteiger partial charge in [-0.1, -0.05) is 63.2 Å². The minimum Gasteiger partial charge on any atom is -0.485 e. The molecule has 0 saturated carbocycles. The number of hydrogen-bond donors (Lipinski definition) is 1. The molecule has 110 valence electrons. The Morgan fingerprint density at radius 1 is 1.00 bits per heavy atom. The monoisotopic (exact) mass is 282 g/mol. The Hall–Kier alpha value is -1.80. The van der Waals surface area contributed by atoms with Crippen molar-refractivity contribution in [2.24, 2.45) is 0 Å². The summed E-state index contributed by atoms with van der Waals surface area (Å²) in [5.41, 5.74) is 3.47. The van der Waals surface area contributed by atoms with Crippen LogP contribution in [0.5, 0.6) is 5.75 Å². The molecule has 0 amide bonds. The molecule has 0 fully saturated rings. The standard InChI is InChI=1S/C19H22O2/c1-19(2,3)14-10-8-13(9-11-14)18-12-16(20)15-6-4-5-7-17(15)21-18/h4-11,16,18,20H,12H2,1-3H3/t16-,18?/m0/s1. The summed E-state index contributed by atoms with van der Waals surface area (Å²) < 4.78 is 6.05. The molecule has 2 heteroatoms. The van der Waals surface area contributed by atoms with Gasteiger partial charge in [0.2, 0.25) is 0 Å². The van der Waals surface area contributed by atoms with Crippen molar-refractivity contribution in [3.05, 3.63) is 65.2 Å². The van der Waals surface area contributed by atoms with E-state index in [-0.39, 0.29) is 11.5 Å². The van der Waals surface area contributed by atoms with E-state index in [0.29, 0.717) is 6.42 Å². The topological polar surface area (TPSA) is 29.5 Å². The van der Waals surface area contributed by atoms with Crippen molar-refractivity contribution in [3.8, 4) is 5.75 Å². The fourth-order valence-corrected chi connectivity index (χ4v) is 2.80. The third-order valence-corrected chi connectivity index (χ3v) is 4.13. The zero-order chi connectivity index (χ0) is 15.0. The fraction of sp³-hybridized carbons (Fsp3) is 0.368. The van der Waals surface area contributed by atoms with E-state index in [0.717, 1.165) is 16.9 Å². The Balaban J connectivity index is 1.86. The second-order valence-corrected chi connectivity index (χ2v) is 6.77. The molecule has 0 radical (unpaired) electrons. The van der Waals surface area contributed by atoms with E-state index >= 15 is 0 Å². The molecule has 1 unspecified atom stereocenters. The first-order valence-corrected chi connectivity index (χ1v) is 7.49. The Labute approximate surface area is 126 Å². The molecule has 1 heterocycles. The molecule has 2 aromatic rings. The van der Waals surface area contributed by atoms with Crippen molar-refractivity contribution in [3.63, 3.8) is 0 Å².